The molecule has 2 aromatic heterocycles. The highest BCUT2D eigenvalue weighted by Crippen LogP contribution is 2.27. The Morgan fingerprint density at radius 2 is 2.22 bits per heavy atom. The molecule has 2 amide bonds. The molecule has 0 spiro atoms. The van der Waals surface area contributed by atoms with E-state index in [1.807, 2.05) is 13.2 Å². The molecule has 0 radical (unpaired) electrons. The Morgan fingerprint density at radius 1 is 1.39 bits per heavy atom. The molecule has 2 aromatic rings. The Kier molecular flexibility index (Phi) is 4.42. The van der Waals surface area contributed by atoms with Crippen LogP contribution in [0.4, 0.5) is 0 Å². The van der Waals surface area contributed by atoms with Crippen LogP contribution in [0.25, 0.3) is 10.6 Å². The first-order chi connectivity index (χ1) is 11.1. The third-order valence-corrected chi connectivity index (χ3v) is 5.03. The highest BCUT2D eigenvalue weighted by atomic mass is 32.1. The van der Waals surface area contributed by atoms with E-state index in [4.69, 9.17) is 0 Å². The molecule has 1 fully saturated rings. The molecule has 7 nitrogen and oxygen atoms in total. The molecule has 1 N–H and O–H groups in total. The third-order valence-electron chi connectivity index (χ3n) is 3.99. The highest BCUT2D eigenvalue weighted by Gasteiger charge is 2.29. The summed E-state index contributed by atoms with van der Waals surface area (Å²) in [7, 11) is 3.47. The molecule has 1 unspecified atom stereocenters. The predicted molar refractivity (Wildman–Crippen MR) is 87.0 cm³/mol. The van der Waals surface area contributed by atoms with E-state index in [1.54, 1.807) is 29.0 Å². The zero-order valence-corrected chi connectivity index (χ0v) is 14.0. The van der Waals surface area contributed by atoms with Crippen LogP contribution in [0, 0.1) is 5.92 Å². The van der Waals surface area contributed by atoms with Gasteiger partial charge >= 0.3 is 0 Å². The zero-order chi connectivity index (χ0) is 16.4. The SMILES string of the molecule is CNC(=O)C1CCCN(C(=O)c2cnc(-c3cnn(C)c3)s2)C1. The topological polar surface area (TPSA) is 80.1 Å². The van der Waals surface area contributed by atoms with Crippen molar-refractivity contribution in [2.24, 2.45) is 13.0 Å². The summed E-state index contributed by atoms with van der Waals surface area (Å²) in [4.78, 5) is 31.1. The number of thiazole rings is 1. The maximum atomic E-state index is 12.6. The lowest BCUT2D eigenvalue weighted by Gasteiger charge is -2.31. The second-order valence-corrected chi connectivity index (χ2v) is 6.67. The third kappa shape index (κ3) is 3.26. The van der Waals surface area contributed by atoms with Crippen LogP contribution >= 0.6 is 11.3 Å². The van der Waals surface area contributed by atoms with Gasteiger partial charge in [0.25, 0.3) is 5.91 Å². The summed E-state index contributed by atoms with van der Waals surface area (Å²) in [5.41, 5.74) is 0.901. The molecule has 1 saturated heterocycles. The van der Waals surface area contributed by atoms with Crippen molar-refractivity contribution in [3.05, 3.63) is 23.5 Å². The van der Waals surface area contributed by atoms with E-state index in [0.717, 1.165) is 23.4 Å². The minimum Gasteiger partial charge on any atom is -0.359 e. The minimum atomic E-state index is -0.122. The number of hydrogen-bond donors (Lipinski definition) is 1. The molecule has 0 aliphatic carbocycles. The lowest BCUT2D eigenvalue weighted by molar-refractivity contribution is -0.125. The van der Waals surface area contributed by atoms with Crippen molar-refractivity contribution in [1.82, 2.24) is 25.0 Å². The Bertz CT molecular complexity index is 723. The fourth-order valence-corrected chi connectivity index (χ4v) is 3.63. The fraction of sp³-hybridized carbons (Fsp3) is 0.467. The Balaban J connectivity index is 1.73. The zero-order valence-electron chi connectivity index (χ0n) is 13.2. The van der Waals surface area contributed by atoms with Crippen LogP contribution in [0.15, 0.2) is 18.6 Å². The van der Waals surface area contributed by atoms with Crippen LogP contribution in [0.5, 0.6) is 0 Å². The van der Waals surface area contributed by atoms with Gasteiger partial charge in [-0.05, 0) is 12.8 Å². The van der Waals surface area contributed by atoms with Gasteiger partial charge < -0.3 is 10.2 Å². The van der Waals surface area contributed by atoms with Crippen molar-refractivity contribution in [1.29, 1.82) is 0 Å². The first-order valence-electron chi connectivity index (χ1n) is 7.54. The average molecular weight is 333 g/mol. The molecule has 122 valence electrons. The number of likely N-dealkylation sites (tertiary alicyclic amines) is 1. The highest BCUT2D eigenvalue weighted by molar-refractivity contribution is 7.16. The van der Waals surface area contributed by atoms with Crippen LogP contribution in [0.1, 0.15) is 22.5 Å². The predicted octanol–water partition coefficient (Wildman–Crippen LogP) is 1.14. The number of aromatic nitrogens is 3. The molecular weight excluding hydrogens is 314 g/mol. The molecule has 3 heterocycles. The van der Waals surface area contributed by atoms with E-state index in [2.05, 4.69) is 15.4 Å². The molecule has 23 heavy (non-hydrogen) atoms. The van der Waals surface area contributed by atoms with Crippen molar-refractivity contribution in [2.75, 3.05) is 20.1 Å². The maximum Gasteiger partial charge on any atom is 0.265 e. The first kappa shape index (κ1) is 15.7. The number of nitrogens with one attached hydrogen (secondary N) is 1. The van der Waals surface area contributed by atoms with Crippen LogP contribution in [-0.4, -0.2) is 51.6 Å². The van der Waals surface area contributed by atoms with Crippen molar-refractivity contribution in [2.45, 2.75) is 12.8 Å². The summed E-state index contributed by atoms with van der Waals surface area (Å²) in [5, 5.41) is 7.56. The Morgan fingerprint density at radius 3 is 2.91 bits per heavy atom. The largest absolute Gasteiger partial charge is 0.359 e. The minimum absolute atomic E-state index is 0.00264. The number of aryl methyl sites for hydroxylation is 1. The number of amides is 2. The second kappa shape index (κ2) is 6.49. The van der Waals surface area contributed by atoms with E-state index in [9.17, 15) is 9.59 Å². The van der Waals surface area contributed by atoms with E-state index in [-0.39, 0.29) is 17.7 Å². The van der Waals surface area contributed by atoms with Gasteiger partial charge in [-0.15, -0.1) is 11.3 Å². The molecule has 0 aromatic carbocycles. The van der Waals surface area contributed by atoms with Crippen LogP contribution in [0.3, 0.4) is 0 Å². The molecule has 1 aliphatic heterocycles. The van der Waals surface area contributed by atoms with Crippen LogP contribution in [0.2, 0.25) is 0 Å². The summed E-state index contributed by atoms with van der Waals surface area (Å²) >= 11 is 1.36. The maximum absolute atomic E-state index is 12.6. The van der Waals surface area contributed by atoms with Crippen molar-refractivity contribution in [3.8, 4) is 10.6 Å². The fourth-order valence-electron chi connectivity index (χ4n) is 2.77. The molecular formula is C15H19N5O2S. The van der Waals surface area contributed by atoms with Crippen LogP contribution < -0.4 is 5.32 Å². The lowest BCUT2D eigenvalue weighted by atomic mass is 9.97. The first-order valence-corrected chi connectivity index (χ1v) is 8.36. The van der Waals surface area contributed by atoms with Gasteiger partial charge in [0.1, 0.15) is 9.88 Å². The molecule has 0 bridgehead atoms. The Labute approximate surface area is 138 Å². The van der Waals surface area contributed by atoms with Gasteiger partial charge in [-0.25, -0.2) is 4.98 Å². The standard InChI is InChI=1S/C15H19N5O2S/c1-16-13(21)10-4-3-5-20(9-10)15(22)12-7-17-14(23-12)11-6-18-19(2)8-11/h6-8,10H,3-5,9H2,1-2H3,(H,16,21). The van der Waals surface area contributed by atoms with Gasteiger partial charge in [0, 0.05) is 38.9 Å². The Hall–Kier alpha value is -2.22. The van der Waals surface area contributed by atoms with Crippen molar-refractivity contribution < 1.29 is 9.59 Å². The summed E-state index contributed by atoms with van der Waals surface area (Å²) < 4.78 is 1.71. The van der Waals surface area contributed by atoms with Gasteiger partial charge in [-0.2, -0.15) is 5.10 Å². The second-order valence-electron chi connectivity index (χ2n) is 5.64. The molecule has 0 saturated carbocycles. The van der Waals surface area contributed by atoms with Gasteiger partial charge in [0.05, 0.1) is 18.3 Å². The quantitative estimate of drug-likeness (QED) is 0.913. The smallest absolute Gasteiger partial charge is 0.265 e. The number of carbonyl (C=O) groups excluding carboxylic acids is 2. The van der Waals surface area contributed by atoms with Gasteiger partial charge in [-0.1, -0.05) is 0 Å². The van der Waals surface area contributed by atoms with E-state index < -0.39 is 0 Å². The van der Waals surface area contributed by atoms with E-state index >= 15 is 0 Å². The molecule has 3 rings (SSSR count). The summed E-state index contributed by atoms with van der Waals surface area (Å²) in [6.07, 6.45) is 6.88. The summed E-state index contributed by atoms with van der Waals surface area (Å²) in [5.74, 6) is -0.169. The summed E-state index contributed by atoms with van der Waals surface area (Å²) in [6, 6.07) is 0. The van der Waals surface area contributed by atoms with Gasteiger partial charge in [0.15, 0.2) is 0 Å². The normalized spacial score (nSPS) is 18.0. The van der Waals surface area contributed by atoms with E-state index in [1.165, 1.54) is 11.3 Å². The number of hydrogen-bond acceptors (Lipinski definition) is 5. The molecule has 1 atom stereocenters. The molecule has 1 aliphatic rings. The number of carbonyl (C=O) groups is 2. The van der Waals surface area contributed by atoms with Crippen molar-refractivity contribution in [3.63, 3.8) is 0 Å². The monoisotopic (exact) mass is 333 g/mol. The molecule has 8 heteroatoms. The number of nitrogens with zero attached hydrogens (tertiary/aromatic N) is 4. The van der Waals surface area contributed by atoms with Crippen LogP contribution in [-0.2, 0) is 11.8 Å². The number of rotatable bonds is 3. The van der Waals surface area contributed by atoms with Gasteiger partial charge in [0.2, 0.25) is 5.91 Å². The van der Waals surface area contributed by atoms with Crippen molar-refractivity contribution >= 4 is 23.2 Å². The number of piperidine rings is 1. The summed E-state index contributed by atoms with van der Waals surface area (Å²) in [6.45, 7) is 1.16. The average Bonchev–Trinajstić information content (AvgIpc) is 3.22. The lowest BCUT2D eigenvalue weighted by Crippen LogP contribution is -2.44. The van der Waals surface area contributed by atoms with E-state index in [0.29, 0.717) is 18.0 Å². The van der Waals surface area contributed by atoms with Gasteiger partial charge in [-0.3, -0.25) is 14.3 Å².